The standard InChI is InChI=1S/C17H27N3O/c1-2-13-6-8-14(9-7-13)11-19-12-15-4-3-5-16(10-15)17(18)20-21/h3-5,10,13-14,19,21H,2,6-9,11-12H2,1H3,(H2,18,20). The zero-order chi connectivity index (χ0) is 15.1. The van der Waals surface area contributed by atoms with Gasteiger partial charge in [0.1, 0.15) is 0 Å². The fraction of sp³-hybridized carbons (Fsp3) is 0.588. The van der Waals surface area contributed by atoms with E-state index in [2.05, 4.69) is 23.5 Å². The van der Waals surface area contributed by atoms with Crippen molar-refractivity contribution in [2.24, 2.45) is 22.7 Å². The van der Waals surface area contributed by atoms with Crippen LogP contribution in [0.3, 0.4) is 0 Å². The largest absolute Gasteiger partial charge is 0.409 e. The number of nitrogens with two attached hydrogens (primary N) is 1. The monoisotopic (exact) mass is 289 g/mol. The molecule has 0 saturated heterocycles. The highest BCUT2D eigenvalue weighted by Gasteiger charge is 2.19. The molecule has 4 heteroatoms. The molecule has 0 heterocycles. The van der Waals surface area contributed by atoms with Crippen molar-refractivity contribution in [3.63, 3.8) is 0 Å². The summed E-state index contributed by atoms with van der Waals surface area (Å²) in [5.74, 6) is 1.94. The van der Waals surface area contributed by atoms with Gasteiger partial charge in [-0.2, -0.15) is 0 Å². The molecular weight excluding hydrogens is 262 g/mol. The summed E-state index contributed by atoms with van der Waals surface area (Å²) in [6.07, 6.45) is 6.83. The second kappa shape index (κ2) is 8.03. The Morgan fingerprint density at radius 1 is 1.29 bits per heavy atom. The van der Waals surface area contributed by atoms with Crippen molar-refractivity contribution < 1.29 is 5.21 Å². The van der Waals surface area contributed by atoms with E-state index < -0.39 is 0 Å². The molecule has 0 amide bonds. The maximum atomic E-state index is 8.71. The molecule has 1 saturated carbocycles. The van der Waals surface area contributed by atoms with Gasteiger partial charge in [0.05, 0.1) is 0 Å². The predicted molar refractivity (Wildman–Crippen MR) is 86.4 cm³/mol. The highest BCUT2D eigenvalue weighted by atomic mass is 16.4. The van der Waals surface area contributed by atoms with Crippen LogP contribution in [0.4, 0.5) is 0 Å². The second-order valence-corrected chi connectivity index (χ2v) is 6.11. The fourth-order valence-corrected chi connectivity index (χ4v) is 3.16. The summed E-state index contributed by atoms with van der Waals surface area (Å²) >= 11 is 0. The summed E-state index contributed by atoms with van der Waals surface area (Å²) in [5.41, 5.74) is 7.55. The normalized spacial score (nSPS) is 23.2. The third-order valence-corrected chi connectivity index (χ3v) is 4.64. The number of oxime groups is 1. The highest BCUT2D eigenvalue weighted by molar-refractivity contribution is 5.97. The maximum Gasteiger partial charge on any atom is 0.170 e. The first-order valence-corrected chi connectivity index (χ1v) is 8.00. The first kappa shape index (κ1) is 15.8. The van der Waals surface area contributed by atoms with Crippen LogP contribution in [0.15, 0.2) is 29.4 Å². The summed E-state index contributed by atoms with van der Waals surface area (Å²) in [4.78, 5) is 0. The Labute approximate surface area is 127 Å². The van der Waals surface area contributed by atoms with Crippen LogP contribution in [0.2, 0.25) is 0 Å². The minimum atomic E-state index is 0.162. The van der Waals surface area contributed by atoms with Gasteiger partial charge in [-0.25, -0.2) is 0 Å². The number of benzene rings is 1. The molecule has 1 aromatic carbocycles. The van der Waals surface area contributed by atoms with Gasteiger partial charge in [-0.1, -0.05) is 49.5 Å². The molecule has 1 aromatic rings. The summed E-state index contributed by atoms with van der Waals surface area (Å²) < 4.78 is 0. The quantitative estimate of drug-likeness (QED) is 0.326. The molecule has 116 valence electrons. The van der Waals surface area contributed by atoms with Crippen molar-refractivity contribution in [2.45, 2.75) is 45.6 Å². The van der Waals surface area contributed by atoms with Crippen molar-refractivity contribution in [2.75, 3.05) is 6.54 Å². The lowest BCUT2D eigenvalue weighted by atomic mass is 9.81. The van der Waals surface area contributed by atoms with Gasteiger partial charge in [0.25, 0.3) is 0 Å². The molecule has 21 heavy (non-hydrogen) atoms. The Kier molecular flexibility index (Phi) is 6.05. The molecule has 1 fully saturated rings. The highest BCUT2D eigenvalue weighted by Crippen LogP contribution is 2.30. The summed E-state index contributed by atoms with van der Waals surface area (Å²) in [5, 5.41) is 15.3. The van der Waals surface area contributed by atoms with E-state index in [1.54, 1.807) is 0 Å². The Hall–Kier alpha value is -1.55. The van der Waals surface area contributed by atoms with E-state index >= 15 is 0 Å². The molecule has 1 aliphatic carbocycles. The van der Waals surface area contributed by atoms with E-state index in [0.717, 1.165) is 30.5 Å². The van der Waals surface area contributed by atoms with Crippen LogP contribution in [0, 0.1) is 11.8 Å². The Morgan fingerprint density at radius 3 is 2.67 bits per heavy atom. The molecule has 0 aromatic heterocycles. The second-order valence-electron chi connectivity index (χ2n) is 6.11. The van der Waals surface area contributed by atoms with Gasteiger partial charge in [-0.05, 0) is 42.9 Å². The fourth-order valence-electron chi connectivity index (χ4n) is 3.16. The van der Waals surface area contributed by atoms with Crippen LogP contribution < -0.4 is 11.1 Å². The average molecular weight is 289 g/mol. The lowest BCUT2D eigenvalue weighted by Gasteiger charge is -2.27. The number of rotatable bonds is 6. The molecule has 0 radical (unpaired) electrons. The molecule has 0 aliphatic heterocycles. The maximum absolute atomic E-state index is 8.71. The number of nitrogens with zero attached hydrogens (tertiary/aromatic N) is 1. The molecule has 0 unspecified atom stereocenters. The van der Waals surface area contributed by atoms with E-state index in [1.165, 1.54) is 37.7 Å². The van der Waals surface area contributed by atoms with E-state index in [1.807, 2.05) is 18.2 Å². The number of nitrogens with one attached hydrogen (secondary N) is 1. The van der Waals surface area contributed by atoms with Crippen LogP contribution in [0.25, 0.3) is 0 Å². The third kappa shape index (κ3) is 4.74. The Balaban J connectivity index is 1.76. The van der Waals surface area contributed by atoms with Crippen LogP contribution in [-0.4, -0.2) is 17.6 Å². The van der Waals surface area contributed by atoms with Crippen LogP contribution in [0.1, 0.15) is 50.2 Å². The summed E-state index contributed by atoms with van der Waals surface area (Å²) in [7, 11) is 0. The van der Waals surface area contributed by atoms with Crippen LogP contribution >= 0.6 is 0 Å². The summed E-state index contributed by atoms with van der Waals surface area (Å²) in [6, 6.07) is 7.83. The molecular formula is C17H27N3O. The van der Waals surface area contributed by atoms with E-state index in [9.17, 15) is 0 Å². The average Bonchev–Trinajstić information content (AvgIpc) is 2.55. The molecule has 0 bridgehead atoms. The van der Waals surface area contributed by atoms with E-state index in [4.69, 9.17) is 10.9 Å². The van der Waals surface area contributed by atoms with Gasteiger partial charge in [-0.3, -0.25) is 0 Å². The smallest absolute Gasteiger partial charge is 0.170 e. The van der Waals surface area contributed by atoms with Gasteiger partial charge in [0.15, 0.2) is 5.84 Å². The minimum Gasteiger partial charge on any atom is -0.409 e. The van der Waals surface area contributed by atoms with E-state index in [0.29, 0.717) is 0 Å². The van der Waals surface area contributed by atoms with Gasteiger partial charge >= 0.3 is 0 Å². The first-order valence-electron chi connectivity index (χ1n) is 8.00. The Bertz CT molecular complexity index is 465. The molecule has 4 nitrogen and oxygen atoms in total. The van der Waals surface area contributed by atoms with Crippen molar-refractivity contribution in [3.05, 3.63) is 35.4 Å². The Morgan fingerprint density at radius 2 is 2.00 bits per heavy atom. The number of hydrogen-bond acceptors (Lipinski definition) is 3. The third-order valence-electron chi connectivity index (χ3n) is 4.64. The first-order chi connectivity index (χ1) is 10.2. The van der Waals surface area contributed by atoms with Gasteiger partial charge < -0.3 is 16.3 Å². The topological polar surface area (TPSA) is 70.6 Å². The van der Waals surface area contributed by atoms with Gasteiger partial charge in [-0.15, -0.1) is 0 Å². The number of hydrogen-bond donors (Lipinski definition) is 3. The number of amidine groups is 1. The molecule has 1 aliphatic rings. The van der Waals surface area contributed by atoms with Gasteiger partial charge in [0, 0.05) is 12.1 Å². The lowest BCUT2D eigenvalue weighted by molar-refractivity contribution is 0.262. The van der Waals surface area contributed by atoms with Crippen molar-refractivity contribution >= 4 is 5.84 Å². The minimum absolute atomic E-state index is 0.162. The molecule has 4 N–H and O–H groups in total. The molecule has 0 atom stereocenters. The zero-order valence-corrected chi connectivity index (χ0v) is 12.9. The predicted octanol–water partition coefficient (Wildman–Crippen LogP) is 3.09. The molecule has 0 spiro atoms. The van der Waals surface area contributed by atoms with E-state index in [-0.39, 0.29) is 5.84 Å². The van der Waals surface area contributed by atoms with Crippen molar-refractivity contribution in [3.8, 4) is 0 Å². The molecule has 2 rings (SSSR count). The SMILES string of the molecule is CCC1CCC(CNCc2cccc(C(N)=NO)c2)CC1. The van der Waals surface area contributed by atoms with Crippen molar-refractivity contribution in [1.29, 1.82) is 0 Å². The lowest BCUT2D eigenvalue weighted by Crippen LogP contribution is -2.26. The van der Waals surface area contributed by atoms with Gasteiger partial charge in [0.2, 0.25) is 0 Å². The van der Waals surface area contributed by atoms with Crippen LogP contribution in [0.5, 0.6) is 0 Å². The zero-order valence-electron chi connectivity index (χ0n) is 12.9. The van der Waals surface area contributed by atoms with Crippen LogP contribution in [-0.2, 0) is 6.54 Å². The summed E-state index contributed by atoms with van der Waals surface area (Å²) in [6.45, 7) is 4.22. The van der Waals surface area contributed by atoms with Crippen molar-refractivity contribution in [1.82, 2.24) is 5.32 Å².